The fourth-order valence-corrected chi connectivity index (χ4v) is 5.73. The third kappa shape index (κ3) is 7.91. The molecule has 12 nitrogen and oxygen atoms in total. The normalized spacial score (nSPS) is 18.7. The van der Waals surface area contributed by atoms with Gasteiger partial charge in [-0.3, -0.25) is 13.9 Å². The summed E-state index contributed by atoms with van der Waals surface area (Å²) in [5.41, 5.74) is 0.299. The third-order valence-electron chi connectivity index (χ3n) is 6.35. The topological polar surface area (TPSA) is 134 Å². The first-order valence-corrected chi connectivity index (χ1v) is 15.3. The van der Waals surface area contributed by atoms with E-state index in [1.165, 1.54) is 10.8 Å². The molecule has 1 aromatic heterocycles. The van der Waals surface area contributed by atoms with Crippen LogP contribution in [0.1, 0.15) is 48.0 Å². The molecule has 0 spiro atoms. The van der Waals surface area contributed by atoms with Crippen molar-refractivity contribution in [3.63, 3.8) is 0 Å². The van der Waals surface area contributed by atoms with Crippen molar-refractivity contribution in [2.45, 2.75) is 59.2 Å². The van der Waals surface area contributed by atoms with E-state index in [1.807, 2.05) is 30.3 Å². The number of hydrogen-bond donors (Lipinski definition) is 0. The second kappa shape index (κ2) is 14.7. The molecule has 1 saturated heterocycles. The third-order valence-corrected chi connectivity index (χ3v) is 8.12. The smallest absolute Gasteiger partial charge is 0.356 e. The lowest BCUT2D eigenvalue weighted by Crippen LogP contribution is -2.42. The number of carbonyl (C=O) groups excluding carboxylic acids is 1. The van der Waals surface area contributed by atoms with Crippen LogP contribution in [0, 0.1) is 6.92 Å². The van der Waals surface area contributed by atoms with Crippen LogP contribution in [0.25, 0.3) is 0 Å². The average Bonchev–Trinajstić information content (AvgIpc) is 3.39. The molecule has 0 saturated carbocycles. The Hall–Kier alpha value is -3.38. The Morgan fingerprint density at radius 3 is 2.29 bits per heavy atom. The summed E-state index contributed by atoms with van der Waals surface area (Å²) in [7, 11) is -3.63. The molecule has 0 N–H and O–H groups in total. The van der Waals surface area contributed by atoms with Crippen molar-refractivity contribution >= 4 is 13.6 Å². The van der Waals surface area contributed by atoms with Gasteiger partial charge in [0, 0.05) is 18.2 Å². The summed E-state index contributed by atoms with van der Waals surface area (Å²) < 4.78 is 49.0. The summed E-state index contributed by atoms with van der Waals surface area (Å²) in [4.78, 5) is 39.2. The van der Waals surface area contributed by atoms with Crippen LogP contribution in [0.5, 0.6) is 0 Å². The number of aryl methyl sites for hydroxylation is 1. The first kappa shape index (κ1) is 31.6. The van der Waals surface area contributed by atoms with Gasteiger partial charge in [0.1, 0.15) is 13.0 Å². The summed E-state index contributed by atoms with van der Waals surface area (Å²) in [5.74, 6) is -0.626. The highest BCUT2D eigenvalue weighted by Crippen LogP contribution is 2.49. The minimum Gasteiger partial charge on any atom is -0.453 e. The zero-order valence-electron chi connectivity index (χ0n) is 23.7. The molecular formula is C29H35N2O10P. The molecular weight excluding hydrogens is 567 g/mol. The minimum absolute atomic E-state index is 0.0131. The number of nitrogens with zero attached hydrogens (tertiary/aromatic N) is 2. The fourth-order valence-electron chi connectivity index (χ4n) is 4.39. The van der Waals surface area contributed by atoms with E-state index in [0.29, 0.717) is 5.56 Å². The molecule has 1 aliphatic rings. The quantitative estimate of drug-likeness (QED) is 0.195. The van der Waals surface area contributed by atoms with E-state index in [9.17, 15) is 18.9 Å². The molecule has 2 aromatic carbocycles. The van der Waals surface area contributed by atoms with Crippen molar-refractivity contribution in [2.75, 3.05) is 19.6 Å². The zero-order chi connectivity index (χ0) is 30.1. The van der Waals surface area contributed by atoms with Crippen molar-refractivity contribution in [2.24, 2.45) is 0 Å². The van der Waals surface area contributed by atoms with Gasteiger partial charge in [0.05, 0.1) is 25.4 Å². The largest absolute Gasteiger partial charge is 0.453 e. The molecule has 3 atom stereocenters. The van der Waals surface area contributed by atoms with Gasteiger partial charge < -0.3 is 28.0 Å². The molecule has 0 amide bonds. The predicted molar refractivity (Wildman–Crippen MR) is 152 cm³/mol. The van der Waals surface area contributed by atoms with E-state index in [4.69, 9.17) is 28.0 Å². The highest BCUT2D eigenvalue weighted by atomic mass is 31.2. The van der Waals surface area contributed by atoms with Crippen molar-refractivity contribution in [3.05, 3.63) is 104 Å². The molecule has 0 aliphatic carbocycles. The average molecular weight is 603 g/mol. The van der Waals surface area contributed by atoms with Crippen LogP contribution in [0.2, 0.25) is 0 Å². The van der Waals surface area contributed by atoms with Gasteiger partial charge in [-0.25, -0.2) is 14.2 Å². The predicted octanol–water partition coefficient (Wildman–Crippen LogP) is 4.20. The molecule has 0 bridgehead atoms. The van der Waals surface area contributed by atoms with E-state index in [-0.39, 0.29) is 38.5 Å². The number of ether oxygens (including phenoxy) is 4. The summed E-state index contributed by atoms with van der Waals surface area (Å²) >= 11 is 0. The zero-order valence-corrected chi connectivity index (χ0v) is 24.6. The van der Waals surface area contributed by atoms with Gasteiger partial charge in [0.15, 0.2) is 18.7 Å². The number of rotatable bonds is 14. The molecule has 4 rings (SSSR count). The van der Waals surface area contributed by atoms with E-state index < -0.39 is 49.8 Å². The summed E-state index contributed by atoms with van der Waals surface area (Å²) in [6, 6.07) is 17.7. The summed E-state index contributed by atoms with van der Waals surface area (Å²) in [5, 5.41) is 0. The van der Waals surface area contributed by atoms with Crippen LogP contribution in [-0.2, 0) is 45.9 Å². The molecule has 1 fully saturated rings. The molecule has 3 aromatic rings. The summed E-state index contributed by atoms with van der Waals surface area (Å²) in [6.07, 6.45) is -2.24. The Balaban J connectivity index is 1.56. The maximum Gasteiger partial charge on any atom is 0.356 e. The Morgan fingerprint density at radius 2 is 1.64 bits per heavy atom. The second-order valence-corrected chi connectivity index (χ2v) is 11.4. The molecule has 1 aliphatic heterocycles. The van der Waals surface area contributed by atoms with Crippen LogP contribution in [0.15, 0.2) is 76.4 Å². The maximum absolute atomic E-state index is 13.4. The monoisotopic (exact) mass is 602 g/mol. The van der Waals surface area contributed by atoms with E-state index in [0.717, 1.165) is 10.1 Å². The highest BCUT2D eigenvalue weighted by Gasteiger charge is 2.42. The van der Waals surface area contributed by atoms with Crippen LogP contribution >= 0.6 is 7.60 Å². The van der Waals surface area contributed by atoms with Gasteiger partial charge in [-0.1, -0.05) is 48.5 Å². The van der Waals surface area contributed by atoms with E-state index in [2.05, 4.69) is 0 Å². The highest BCUT2D eigenvalue weighted by molar-refractivity contribution is 7.53. The lowest BCUT2D eigenvalue weighted by Gasteiger charge is -2.22. The van der Waals surface area contributed by atoms with E-state index in [1.54, 1.807) is 51.1 Å². The molecule has 2 heterocycles. The second-order valence-electron chi connectivity index (χ2n) is 9.45. The maximum atomic E-state index is 13.4. The summed E-state index contributed by atoms with van der Waals surface area (Å²) in [6.45, 7) is 5.10. The van der Waals surface area contributed by atoms with Crippen molar-refractivity contribution in [1.82, 2.24) is 9.13 Å². The van der Waals surface area contributed by atoms with Crippen LogP contribution in [-0.4, -0.2) is 47.1 Å². The number of benzene rings is 2. The van der Waals surface area contributed by atoms with Crippen LogP contribution < -0.4 is 11.2 Å². The Morgan fingerprint density at radius 1 is 1.00 bits per heavy atom. The fraction of sp³-hybridized carbons (Fsp3) is 0.414. The molecule has 0 unspecified atom stereocenters. The van der Waals surface area contributed by atoms with Gasteiger partial charge in [-0.05, 0) is 38.5 Å². The lowest BCUT2D eigenvalue weighted by atomic mass is 10.2. The van der Waals surface area contributed by atoms with Crippen LogP contribution in [0.4, 0.5) is 0 Å². The number of carbonyl (C=O) groups is 1. The Bertz CT molecular complexity index is 1480. The van der Waals surface area contributed by atoms with Gasteiger partial charge in [0.25, 0.3) is 5.56 Å². The first-order chi connectivity index (χ1) is 20.2. The SMILES string of the molecule is CCOP(=O)(CO[C@H]1O[C@@H](n2cc(C)c(=O)n(COCc3ccccc3)c2=O)C[C@@H]1OC(=O)c1ccccc1)OCC. The number of esters is 1. The lowest BCUT2D eigenvalue weighted by molar-refractivity contribution is -0.170. The van der Waals surface area contributed by atoms with Gasteiger partial charge >= 0.3 is 19.3 Å². The van der Waals surface area contributed by atoms with Crippen molar-refractivity contribution in [1.29, 1.82) is 0 Å². The first-order valence-electron chi connectivity index (χ1n) is 13.6. The number of hydrogen-bond acceptors (Lipinski definition) is 10. The molecule has 0 radical (unpaired) electrons. The molecule has 42 heavy (non-hydrogen) atoms. The van der Waals surface area contributed by atoms with Gasteiger partial charge in [0.2, 0.25) is 0 Å². The Labute approximate surface area is 243 Å². The molecule has 226 valence electrons. The number of aromatic nitrogens is 2. The van der Waals surface area contributed by atoms with Gasteiger partial charge in [-0.2, -0.15) is 0 Å². The van der Waals surface area contributed by atoms with Crippen LogP contribution in [0.3, 0.4) is 0 Å². The Kier molecular flexibility index (Phi) is 11.0. The van der Waals surface area contributed by atoms with Crippen molar-refractivity contribution < 1.29 is 37.4 Å². The van der Waals surface area contributed by atoms with E-state index >= 15 is 0 Å². The van der Waals surface area contributed by atoms with Crippen molar-refractivity contribution in [3.8, 4) is 0 Å². The minimum atomic E-state index is -3.63. The standard InChI is InChI=1S/C29H35N2O10P/c1-4-38-42(35,39-5-2)20-37-28-24(40-27(33)23-14-10-7-11-15-23)16-25(41-28)30-17-21(3)26(32)31(29(30)34)19-36-18-22-12-8-6-9-13-22/h6-15,17,24-25,28H,4-5,16,18-20H2,1-3H3/t24-,25+,28-/m0/s1. The molecule has 13 heteroatoms. The van der Waals surface area contributed by atoms with Gasteiger partial charge in [-0.15, -0.1) is 0 Å².